The van der Waals surface area contributed by atoms with Crippen LogP contribution < -0.4 is 0 Å². The molecule has 0 bridgehead atoms. The predicted molar refractivity (Wildman–Crippen MR) is 34.5 cm³/mol. The first kappa shape index (κ1) is 9.04. The van der Waals surface area contributed by atoms with Crippen LogP contribution in [0.1, 0.15) is 0 Å². The summed E-state index contributed by atoms with van der Waals surface area (Å²) in [5.41, 5.74) is 0. The van der Waals surface area contributed by atoms with Crippen LogP contribution in [0.25, 0.3) is 0 Å². The first-order valence-electron chi connectivity index (χ1n) is 2.65. The lowest BCUT2D eigenvalue weighted by atomic mass is 10.3. The molecule has 0 unspecified atom stereocenters. The zero-order valence-corrected chi connectivity index (χ0v) is 5.51. The minimum atomic E-state index is -0.411. The van der Waals surface area contributed by atoms with Crippen molar-refractivity contribution in [2.45, 2.75) is 0 Å². The first-order valence-corrected chi connectivity index (χ1v) is 2.65. The average molecular weight is 146 g/mol. The SMILES string of the molecule is CO.Fc1ccc(F)cc1. The zero-order valence-electron chi connectivity index (χ0n) is 5.51. The van der Waals surface area contributed by atoms with E-state index in [9.17, 15) is 8.78 Å². The maximum Gasteiger partial charge on any atom is 0.123 e. The fourth-order valence-electron chi connectivity index (χ4n) is 0.430. The molecule has 3 heteroatoms. The Bertz CT molecular complexity index is 150. The normalized spacial score (nSPS) is 8.00. The van der Waals surface area contributed by atoms with E-state index in [1.54, 1.807) is 0 Å². The van der Waals surface area contributed by atoms with E-state index in [2.05, 4.69) is 0 Å². The number of aliphatic hydroxyl groups excluding tert-OH is 1. The van der Waals surface area contributed by atoms with E-state index >= 15 is 0 Å². The Morgan fingerprint density at radius 3 is 1.30 bits per heavy atom. The number of hydrogen-bond acceptors (Lipinski definition) is 1. The molecule has 1 aromatic rings. The molecule has 0 radical (unpaired) electrons. The molecule has 0 aromatic heterocycles. The Hall–Kier alpha value is -0.960. The summed E-state index contributed by atoms with van der Waals surface area (Å²) in [6.07, 6.45) is 0. The summed E-state index contributed by atoms with van der Waals surface area (Å²) in [4.78, 5) is 0. The topological polar surface area (TPSA) is 20.2 Å². The van der Waals surface area contributed by atoms with E-state index in [1.807, 2.05) is 0 Å². The molecule has 10 heavy (non-hydrogen) atoms. The Morgan fingerprint density at radius 2 is 1.10 bits per heavy atom. The van der Waals surface area contributed by atoms with Crippen LogP contribution in [0.3, 0.4) is 0 Å². The van der Waals surface area contributed by atoms with Gasteiger partial charge in [0, 0.05) is 7.11 Å². The van der Waals surface area contributed by atoms with Gasteiger partial charge < -0.3 is 5.11 Å². The van der Waals surface area contributed by atoms with E-state index in [-0.39, 0.29) is 0 Å². The summed E-state index contributed by atoms with van der Waals surface area (Å²) in [6.45, 7) is 0. The highest BCUT2D eigenvalue weighted by molar-refractivity contribution is 5.04. The van der Waals surface area contributed by atoms with Crippen molar-refractivity contribution in [2.24, 2.45) is 0 Å². The van der Waals surface area contributed by atoms with Gasteiger partial charge in [-0.1, -0.05) is 0 Å². The number of hydrogen-bond donors (Lipinski definition) is 1. The van der Waals surface area contributed by atoms with Crippen molar-refractivity contribution in [3.05, 3.63) is 35.9 Å². The minimum Gasteiger partial charge on any atom is -0.400 e. The maximum atomic E-state index is 11.9. The number of halogens is 2. The quantitative estimate of drug-likeness (QED) is 0.589. The third-order valence-corrected chi connectivity index (χ3v) is 0.804. The van der Waals surface area contributed by atoms with E-state index in [1.165, 1.54) is 0 Å². The fourth-order valence-corrected chi connectivity index (χ4v) is 0.430. The van der Waals surface area contributed by atoms with Crippen molar-refractivity contribution in [3.8, 4) is 0 Å². The molecule has 1 aromatic carbocycles. The summed E-state index contributed by atoms with van der Waals surface area (Å²) >= 11 is 0. The molecule has 56 valence electrons. The van der Waals surface area contributed by atoms with Crippen LogP contribution in [0, 0.1) is 11.6 Å². The summed E-state index contributed by atoms with van der Waals surface area (Å²) < 4.78 is 23.8. The third kappa shape index (κ3) is 3.14. The summed E-state index contributed by atoms with van der Waals surface area (Å²) in [7, 11) is 1.00. The Labute approximate surface area is 57.9 Å². The van der Waals surface area contributed by atoms with Gasteiger partial charge in [-0.25, -0.2) is 8.78 Å². The number of aliphatic hydroxyl groups is 1. The van der Waals surface area contributed by atoms with Crippen LogP contribution in [-0.2, 0) is 0 Å². The third-order valence-electron chi connectivity index (χ3n) is 0.804. The van der Waals surface area contributed by atoms with Crippen molar-refractivity contribution in [1.29, 1.82) is 0 Å². The highest BCUT2D eigenvalue weighted by Crippen LogP contribution is 1.98. The zero-order chi connectivity index (χ0) is 7.98. The van der Waals surface area contributed by atoms with Crippen LogP contribution >= 0.6 is 0 Å². The van der Waals surface area contributed by atoms with Gasteiger partial charge >= 0.3 is 0 Å². The monoisotopic (exact) mass is 146 g/mol. The molecule has 0 aliphatic rings. The van der Waals surface area contributed by atoms with Crippen molar-refractivity contribution in [1.82, 2.24) is 0 Å². The van der Waals surface area contributed by atoms with Gasteiger partial charge in [-0.2, -0.15) is 0 Å². The second-order valence-corrected chi connectivity index (χ2v) is 1.44. The highest BCUT2D eigenvalue weighted by Gasteiger charge is 1.86. The maximum absolute atomic E-state index is 11.9. The molecule has 1 N–H and O–H groups in total. The highest BCUT2D eigenvalue weighted by atomic mass is 19.1. The van der Waals surface area contributed by atoms with Crippen molar-refractivity contribution in [2.75, 3.05) is 7.11 Å². The van der Waals surface area contributed by atoms with E-state index in [4.69, 9.17) is 5.11 Å². The molecule has 1 nitrogen and oxygen atoms in total. The van der Waals surface area contributed by atoms with Crippen LogP contribution in [0.2, 0.25) is 0 Å². The van der Waals surface area contributed by atoms with Crippen LogP contribution in [0.15, 0.2) is 24.3 Å². The number of rotatable bonds is 0. The van der Waals surface area contributed by atoms with Gasteiger partial charge in [-0.05, 0) is 24.3 Å². The molecule has 0 spiro atoms. The molecule has 0 aliphatic carbocycles. The van der Waals surface area contributed by atoms with Crippen molar-refractivity contribution in [3.63, 3.8) is 0 Å². The van der Waals surface area contributed by atoms with Crippen LogP contribution in [0.5, 0.6) is 0 Å². The lowest BCUT2D eigenvalue weighted by Crippen LogP contribution is -1.72. The molecule has 0 amide bonds. The second-order valence-electron chi connectivity index (χ2n) is 1.44. The van der Waals surface area contributed by atoms with Gasteiger partial charge in [0.1, 0.15) is 11.6 Å². The fraction of sp³-hybridized carbons (Fsp3) is 0.143. The lowest BCUT2D eigenvalue weighted by Gasteiger charge is -1.83. The Morgan fingerprint density at radius 1 is 0.900 bits per heavy atom. The van der Waals surface area contributed by atoms with E-state index < -0.39 is 11.6 Å². The Balaban J connectivity index is 0.000000371. The summed E-state index contributed by atoms with van der Waals surface area (Å²) in [5.74, 6) is -0.821. The summed E-state index contributed by atoms with van der Waals surface area (Å²) in [6, 6.07) is 4.31. The second kappa shape index (κ2) is 4.88. The molecule has 0 saturated heterocycles. The molecular formula is C7H8F2O. The predicted octanol–water partition coefficient (Wildman–Crippen LogP) is 1.57. The van der Waals surface area contributed by atoms with E-state index in [0.717, 1.165) is 31.4 Å². The standard InChI is InChI=1S/C6H4F2.CH4O/c7-5-1-2-6(8)4-3-5;1-2/h1-4H;2H,1H3. The van der Waals surface area contributed by atoms with Crippen LogP contribution in [0.4, 0.5) is 8.78 Å². The van der Waals surface area contributed by atoms with Gasteiger partial charge in [-0.3, -0.25) is 0 Å². The number of benzene rings is 1. The van der Waals surface area contributed by atoms with Gasteiger partial charge in [0.2, 0.25) is 0 Å². The smallest absolute Gasteiger partial charge is 0.123 e. The molecule has 0 fully saturated rings. The lowest BCUT2D eigenvalue weighted by molar-refractivity contribution is 0.399. The van der Waals surface area contributed by atoms with Crippen molar-refractivity contribution >= 4 is 0 Å². The largest absolute Gasteiger partial charge is 0.400 e. The first-order chi connectivity index (χ1) is 4.79. The van der Waals surface area contributed by atoms with Gasteiger partial charge in [-0.15, -0.1) is 0 Å². The Kier molecular flexibility index (Phi) is 4.41. The van der Waals surface area contributed by atoms with Crippen molar-refractivity contribution < 1.29 is 13.9 Å². The summed E-state index contributed by atoms with van der Waals surface area (Å²) in [5, 5.41) is 7.00. The van der Waals surface area contributed by atoms with Gasteiger partial charge in [0.05, 0.1) is 0 Å². The molecule has 0 atom stereocenters. The average Bonchev–Trinajstić information content (AvgIpc) is 2.00. The molecular weight excluding hydrogens is 138 g/mol. The molecule has 0 aliphatic heterocycles. The van der Waals surface area contributed by atoms with E-state index in [0.29, 0.717) is 0 Å². The molecule has 1 rings (SSSR count). The molecule has 0 heterocycles. The van der Waals surface area contributed by atoms with Crippen LogP contribution in [-0.4, -0.2) is 12.2 Å². The molecule has 0 saturated carbocycles. The minimum absolute atomic E-state index is 0.411. The van der Waals surface area contributed by atoms with Gasteiger partial charge in [0.15, 0.2) is 0 Å². The van der Waals surface area contributed by atoms with Gasteiger partial charge in [0.25, 0.3) is 0 Å².